The summed E-state index contributed by atoms with van der Waals surface area (Å²) in [5.41, 5.74) is 5.29. The maximum atomic E-state index is 14.3. The molecule has 8 heteroatoms. The van der Waals surface area contributed by atoms with Gasteiger partial charge >= 0.3 is 0 Å². The van der Waals surface area contributed by atoms with Gasteiger partial charge in [0.05, 0.1) is 16.7 Å². The summed E-state index contributed by atoms with van der Waals surface area (Å²) in [6.07, 6.45) is 6.24. The largest absolute Gasteiger partial charge is 0.333 e. The molecule has 5 rings (SSSR count). The van der Waals surface area contributed by atoms with Crippen molar-refractivity contribution in [3.8, 4) is 0 Å². The van der Waals surface area contributed by atoms with Gasteiger partial charge in [0, 0.05) is 56.8 Å². The number of para-hydroxylation sites is 1. The highest BCUT2D eigenvalue weighted by Gasteiger charge is 2.30. The van der Waals surface area contributed by atoms with Crippen molar-refractivity contribution in [2.45, 2.75) is 92.3 Å². The number of carbonyl (C=O) groups is 2. The number of hydrogen-bond acceptors (Lipinski definition) is 5. The first-order chi connectivity index (χ1) is 20.7. The molecule has 2 aromatic carbocycles. The van der Waals surface area contributed by atoms with Gasteiger partial charge in [0.1, 0.15) is 5.69 Å². The molecule has 1 saturated carbocycles. The Hall–Kier alpha value is -3.52. The van der Waals surface area contributed by atoms with Crippen molar-refractivity contribution in [3.63, 3.8) is 0 Å². The second-order valence-corrected chi connectivity index (χ2v) is 12.6. The number of amides is 2. The molecule has 0 spiro atoms. The molecule has 1 aliphatic heterocycles. The highest BCUT2D eigenvalue weighted by molar-refractivity contribution is 5.98. The molecule has 1 fully saturated rings. The van der Waals surface area contributed by atoms with Gasteiger partial charge in [-0.25, -0.2) is 4.98 Å². The highest BCUT2D eigenvalue weighted by atomic mass is 16.2. The van der Waals surface area contributed by atoms with Gasteiger partial charge in [-0.05, 0) is 83.2 Å². The summed E-state index contributed by atoms with van der Waals surface area (Å²) in [4.78, 5) is 51.9. The van der Waals surface area contributed by atoms with Gasteiger partial charge in [-0.15, -0.1) is 0 Å². The summed E-state index contributed by atoms with van der Waals surface area (Å²) < 4.78 is 1.70. The number of aromatic nitrogens is 2. The minimum Gasteiger partial charge on any atom is -0.333 e. The SMILES string of the molecule is CCn1c(=O)c(C)nc2cc(C(=O)N3CCN(C(C)C)CCCN(C(=O)C4CCCCC4)c4c(C)cccc4C3)ccc21. The van der Waals surface area contributed by atoms with E-state index in [0.29, 0.717) is 49.0 Å². The summed E-state index contributed by atoms with van der Waals surface area (Å²) in [5, 5.41) is 0. The first kappa shape index (κ1) is 30.9. The maximum absolute atomic E-state index is 14.3. The minimum atomic E-state index is -0.102. The number of benzene rings is 2. The van der Waals surface area contributed by atoms with E-state index in [1.807, 2.05) is 36.1 Å². The van der Waals surface area contributed by atoms with E-state index in [4.69, 9.17) is 0 Å². The lowest BCUT2D eigenvalue weighted by Gasteiger charge is -2.33. The molecule has 0 unspecified atom stereocenters. The van der Waals surface area contributed by atoms with Crippen LogP contribution in [0.1, 0.15) is 86.5 Å². The number of carbonyl (C=O) groups excluding carboxylic acids is 2. The van der Waals surface area contributed by atoms with Crippen molar-refractivity contribution in [2.24, 2.45) is 5.92 Å². The molecule has 2 amide bonds. The van der Waals surface area contributed by atoms with Gasteiger partial charge in [-0.2, -0.15) is 0 Å². The Morgan fingerprint density at radius 3 is 2.44 bits per heavy atom. The molecule has 1 aliphatic carbocycles. The molecule has 0 atom stereocenters. The number of hydrogen-bond donors (Lipinski definition) is 0. The zero-order chi connectivity index (χ0) is 30.7. The number of fused-ring (bicyclic) bond motifs is 2. The first-order valence-corrected chi connectivity index (χ1v) is 16.1. The average Bonchev–Trinajstić information content (AvgIpc) is 3.04. The van der Waals surface area contributed by atoms with Crippen LogP contribution in [0.15, 0.2) is 41.2 Å². The molecule has 2 heterocycles. The summed E-state index contributed by atoms with van der Waals surface area (Å²) in [7, 11) is 0. The zero-order valence-electron chi connectivity index (χ0n) is 26.6. The Balaban J connectivity index is 1.55. The van der Waals surface area contributed by atoms with Gasteiger partial charge < -0.3 is 14.4 Å². The van der Waals surface area contributed by atoms with Crippen LogP contribution < -0.4 is 10.5 Å². The van der Waals surface area contributed by atoms with E-state index in [9.17, 15) is 14.4 Å². The zero-order valence-corrected chi connectivity index (χ0v) is 26.6. The molecular weight excluding hydrogens is 538 g/mol. The van der Waals surface area contributed by atoms with Gasteiger partial charge in [0.25, 0.3) is 11.5 Å². The summed E-state index contributed by atoms with van der Waals surface area (Å²) in [6.45, 7) is 13.9. The molecule has 230 valence electrons. The third kappa shape index (κ3) is 6.54. The standard InChI is InChI=1S/C35H47N5O3/c1-6-39-31-17-16-28(22-30(31)36-26(5)33(39)41)34(42)38-21-20-37(24(2)3)18-11-19-40(35(43)27-13-8-7-9-14-27)32-25(4)12-10-15-29(32)23-38/h10,12,15-17,22,24,27H,6-9,11,13-14,18-21,23H2,1-5H3. The monoisotopic (exact) mass is 585 g/mol. The van der Waals surface area contributed by atoms with Crippen molar-refractivity contribution in [2.75, 3.05) is 31.1 Å². The quantitative estimate of drug-likeness (QED) is 0.392. The van der Waals surface area contributed by atoms with Crippen molar-refractivity contribution in [3.05, 3.63) is 69.1 Å². The van der Waals surface area contributed by atoms with Crippen molar-refractivity contribution in [1.29, 1.82) is 0 Å². The Bertz CT molecular complexity index is 1540. The molecule has 8 nitrogen and oxygen atoms in total. The summed E-state index contributed by atoms with van der Waals surface area (Å²) in [6, 6.07) is 12.0. The third-order valence-electron chi connectivity index (χ3n) is 9.35. The fourth-order valence-corrected chi connectivity index (χ4v) is 6.91. The van der Waals surface area contributed by atoms with Crippen LogP contribution in [0, 0.1) is 19.8 Å². The van der Waals surface area contributed by atoms with Crippen molar-refractivity contribution in [1.82, 2.24) is 19.4 Å². The average molecular weight is 586 g/mol. The van der Waals surface area contributed by atoms with Crippen LogP contribution >= 0.6 is 0 Å². The Kier molecular flexibility index (Phi) is 9.65. The summed E-state index contributed by atoms with van der Waals surface area (Å²) in [5.74, 6) is 0.233. The van der Waals surface area contributed by atoms with E-state index in [2.05, 4.69) is 47.7 Å². The molecule has 43 heavy (non-hydrogen) atoms. The molecule has 0 radical (unpaired) electrons. The normalized spacial score (nSPS) is 17.6. The lowest BCUT2D eigenvalue weighted by atomic mass is 9.87. The molecule has 3 aromatic rings. The van der Waals surface area contributed by atoms with Crippen LogP contribution in [0.2, 0.25) is 0 Å². The Labute approximate surface area is 255 Å². The van der Waals surface area contributed by atoms with Crippen LogP contribution in [0.25, 0.3) is 11.0 Å². The van der Waals surface area contributed by atoms with E-state index >= 15 is 0 Å². The molecule has 0 saturated heterocycles. The fraction of sp³-hybridized carbons (Fsp3) is 0.543. The van der Waals surface area contributed by atoms with E-state index in [1.54, 1.807) is 11.5 Å². The summed E-state index contributed by atoms with van der Waals surface area (Å²) >= 11 is 0. The molecule has 0 bridgehead atoms. The highest BCUT2D eigenvalue weighted by Crippen LogP contribution is 2.33. The number of aryl methyl sites for hydroxylation is 3. The van der Waals surface area contributed by atoms with Crippen LogP contribution in [0.5, 0.6) is 0 Å². The fourth-order valence-electron chi connectivity index (χ4n) is 6.91. The first-order valence-electron chi connectivity index (χ1n) is 16.1. The van der Waals surface area contributed by atoms with E-state index in [1.165, 1.54) is 6.42 Å². The molecule has 0 N–H and O–H groups in total. The lowest BCUT2D eigenvalue weighted by Crippen LogP contribution is -2.41. The van der Waals surface area contributed by atoms with Crippen LogP contribution in [0.3, 0.4) is 0 Å². The van der Waals surface area contributed by atoms with Crippen LogP contribution in [-0.2, 0) is 17.9 Å². The predicted octanol–water partition coefficient (Wildman–Crippen LogP) is 5.70. The van der Waals surface area contributed by atoms with E-state index in [0.717, 1.165) is 67.5 Å². The smallest absolute Gasteiger partial charge is 0.272 e. The van der Waals surface area contributed by atoms with Gasteiger partial charge in [-0.3, -0.25) is 19.3 Å². The molecular formula is C35H47N5O3. The van der Waals surface area contributed by atoms with Crippen LogP contribution in [-0.4, -0.2) is 63.4 Å². The topological polar surface area (TPSA) is 78.8 Å². The number of rotatable bonds is 4. The Morgan fingerprint density at radius 1 is 0.953 bits per heavy atom. The predicted molar refractivity (Wildman–Crippen MR) is 173 cm³/mol. The van der Waals surface area contributed by atoms with Gasteiger partial charge in [0.2, 0.25) is 5.91 Å². The van der Waals surface area contributed by atoms with Gasteiger partial charge in [-0.1, -0.05) is 37.5 Å². The second-order valence-electron chi connectivity index (χ2n) is 12.6. The van der Waals surface area contributed by atoms with Gasteiger partial charge in [0.15, 0.2) is 0 Å². The molecule has 2 aliphatic rings. The third-order valence-corrected chi connectivity index (χ3v) is 9.35. The van der Waals surface area contributed by atoms with Crippen molar-refractivity contribution >= 4 is 28.5 Å². The second kappa shape index (κ2) is 13.4. The van der Waals surface area contributed by atoms with E-state index < -0.39 is 0 Å². The van der Waals surface area contributed by atoms with Crippen LogP contribution in [0.4, 0.5) is 5.69 Å². The Morgan fingerprint density at radius 2 is 1.72 bits per heavy atom. The number of nitrogens with zero attached hydrogens (tertiary/aromatic N) is 5. The van der Waals surface area contributed by atoms with E-state index in [-0.39, 0.29) is 23.3 Å². The minimum absolute atomic E-state index is 0.0688. The molecule has 1 aromatic heterocycles. The van der Waals surface area contributed by atoms with Crippen molar-refractivity contribution < 1.29 is 9.59 Å². The number of anilines is 1. The lowest BCUT2D eigenvalue weighted by molar-refractivity contribution is -0.123. The maximum Gasteiger partial charge on any atom is 0.272 e.